The standard InChI is InChI=1S/C27H28N4O4/c1-28-27(30-18-16-29(17-19-30)15-14-20-8-3-2-4-9-20)23-13-7-11-21-10-5-6-12-22(21)24(23)31(28)35-26(33)25(32)34-27/h2-12H,13-19H2,1H3. The Hall–Kier alpha value is -3.46. The normalized spacial score (nSPS) is 25.0. The Morgan fingerprint density at radius 3 is 2.46 bits per heavy atom. The third kappa shape index (κ3) is 3.56. The van der Waals surface area contributed by atoms with Gasteiger partial charge in [0, 0.05) is 50.9 Å². The van der Waals surface area contributed by atoms with Crippen LogP contribution in [0.2, 0.25) is 0 Å². The zero-order valence-electron chi connectivity index (χ0n) is 19.7. The van der Waals surface area contributed by atoms with E-state index in [9.17, 15) is 9.59 Å². The first-order valence-corrected chi connectivity index (χ1v) is 12.1. The van der Waals surface area contributed by atoms with Crippen molar-refractivity contribution in [2.45, 2.75) is 18.7 Å². The number of esters is 1. The highest BCUT2D eigenvalue weighted by Gasteiger charge is 2.61. The molecule has 8 heteroatoms. The number of nitrogens with zero attached hydrogens (tertiary/aromatic N) is 4. The number of hydroxylamine groups is 1. The average molecular weight is 473 g/mol. The van der Waals surface area contributed by atoms with Gasteiger partial charge in [-0.2, -0.15) is 0 Å². The summed E-state index contributed by atoms with van der Waals surface area (Å²) >= 11 is 0. The Morgan fingerprint density at radius 2 is 1.66 bits per heavy atom. The van der Waals surface area contributed by atoms with Crippen molar-refractivity contribution in [3.05, 3.63) is 82.9 Å². The van der Waals surface area contributed by atoms with Crippen molar-refractivity contribution in [1.82, 2.24) is 20.0 Å². The fourth-order valence-corrected chi connectivity index (χ4v) is 5.58. The molecule has 2 aromatic carbocycles. The summed E-state index contributed by atoms with van der Waals surface area (Å²) in [5.41, 5.74) is 4.96. The van der Waals surface area contributed by atoms with Gasteiger partial charge in [-0.1, -0.05) is 66.7 Å². The minimum Gasteiger partial charge on any atom is -0.415 e. The first-order chi connectivity index (χ1) is 17.1. The molecular weight excluding hydrogens is 444 g/mol. The van der Waals surface area contributed by atoms with Gasteiger partial charge in [-0.15, -0.1) is 10.2 Å². The number of ether oxygens (including phenoxy) is 1. The van der Waals surface area contributed by atoms with Crippen molar-refractivity contribution >= 4 is 23.7 Å². The highest BCUT2D eigenvalue weighted by molar-refractivity contribution is 6.30. The maximum atomic E-state index is 12.7. The third-order valence-electron chi connectivity index (χ3n) is 7.35. The molecule has 4 aliphatic rings. The molecule has 0 amide bonds. The van der Waals surface area contributed by atoms with E-state index in [1.165, 1.54) is 10.7 Å². The van der Waals surface area contributed by atoms with E-state index in [-0.39, 0.29) is 0 Å². The summed E-state index contributed by atoms with van der Waals surface area (Å²) < 4.78 is 6.04. The maximum Gasteiger partial charge on any atom is 0.443 e. The van der Waals surface area contributed by atoms with Gasteiger partial charge >= 0.3 is 11.9 Å². The second kappa shape index (κ2) is 8.64. The molecule has 180 valence electrons. The van der Waals surface area contributed by atoms with Gasteiger partial charge in [0.05, 0.1) is 0 Å². The Bertz CT molecular complexity index is 1220. The van der Waals surface area contributed by atoms with Crippen LogP contribution in [0.5, 0.6) is 0 Å². The Kier molecular flexibility index (Phi) is 5.44. The Labute approximate surface area is 204 Å². The smallest absolute Gasteiger partial charge is 0.415 e. The second-order valence-electron chi connectivity index (χ2n) is 9.26. The van der Waals surface area contributed by atoms with Gasteiger partial charge in [-0.3, -0.25) is 0 Å². The highest BCUT2D eigenvalue weighted by Crippen LogP contribution is 2.49. The first-order valence-electron chi connectivity index (χ1n) is 12.1. The van der Waals surface area contributed by atoms with Crippen LogP contribution >= 0.6 is 0 Å². The fourth-order valence-electron chi connectivity index (χ4n) is 5.58. The van der Waals surface area contributed by atoms with Crippen LogP contribution < -0.4 is 0 Å². The van der Waals surface area contributed by atoms with Crippen LogP contribution in [0.1, 0.15) is 23.1 Å². The summed E-state index contributed by atoms with van der Waals surface area (Å²) in [6.45, 7) is 4.03. The third-order valence-corrected chi connectivity index (χ3v) is 7.35. The predicted octanol–water partition coefficient (Wildman–Crippen LogP) is 2.51. The van der Waals surface area contributed by atoms with E-state index in [4.69, 9.17) is 9.57 Å². The van der Waals surface area contributed by atoms with E-state index in [2.05, 4.69) is 46.2 Å². The summed E-state index contributed by atoms with van der Waals surface area (Å²) in [6.07, 6.45) is 5.72. The topological polar surface area (TPSA) is 65.6 Å². The molecule has 3 heterocycles. The molecule has 0 N–H and O–H groups in total. The molecule has 1 atom stereocenters. The molecule has 2 bridgehead atoms. The van der Waals surface area contributed by atoms with Crippen LogP contribution in [0, 0.1) is 0 Å². The summed E-state index contributed by atoms with van der Waals surface area (Å²) in [5, 5.41) is 3.21. The Balaban J connectivity index is 1.32. The molecule has 1 unspecified atom stereocenters. The lowest BCUT2D eigenvalue weighted by atomic mass is 9.99. The molecule has 1 aliphatic carbocycles. The van der Waals surface area contributed by atoms with Gasteiger partial charge in [0.1, 0.15) is 5.70 Å². The molecule has 2 aromatic rings. The van der Waals surface area contributed by atoms with Gasteiger partial charge in [-0.05, 0) is 24.0 Å². The van der Waals surface area contributed by atoms with Crippen LogP contribution in [0.4, 0.5) is 0 Å². The largest absolute Gasteiger partial charge is 0.443 e. The number of carbonyl (C=O) groups is 2. The number of piperazine rings is 1. The molecule has 3 aliphatic heterocycles. The summed E-state index contributed by atoms with van der Waals surface area (Å²) in [5.74, 6) is -3.20. The number of benzene rings is 2. The zero-order chi connectivity index (χ0) is 24.0. The molecule has 0 aromatic heterocycles. The summed E-state index contributed by atoms with van der Waals surface area (Å²) in [7, 11) is 1.81. The number of hydrazine groups is 1. The molecule has 8 nitrogen and oxygen atoms in total. The summed E-state index contributed by atoms with van der Waals surface area (Å²) in [4.78, 5) is 35.3. The van der Waals surface area contributed by atoms with Crippen LogP contribution in [-0.4, -0.2) is 77.5 Å². The van der Waals surface area contributed by atoms with E-state index in [0.717, 1.165) is 48.5 Å². The van der Waals surface area contributed by atoms with E-state index in [0.29, 0.717) is 19.5 Å². The predicted molar refractivity (Wildman–Crippen MR) is 130 cm³/mol. The Morgan fingerprint density at radius 1 is 0.914 bits per heavy atom. The number of fused-ring (bicyclic) bond motifs is 6. The van der Waals surface area contributed by atoms with Gasteiger partial charge in [0.25, 0.3) is 5.85 Å². The van der Waals surface area contributed by atoms with E-state index in [1.54, 1.807) is 5.01 Å². The van der Waals surface area contributed by atoms with Gasteiger partial charge < -0.3 is 14.5 Å². The molecule has 0 spiro atoms. The summed E-state index contributed by atoms with van der Waals surface area (Å²) in [6, 6.07) is 18.5. The first kappa shape index (κ1) is 22.0. The lowest BCUT2D eigenvalue weighted by Crippen LogP contribution is -2.65. The number of rotatable bonds is 4. The number of carbonyl (C=O) groups excluding carboxylic acids is 2. The van der Waals surface area contributed by atoms with Crippen LogP contribution in [-0.2, 0) is 25.6 Å². The number of likely N-dealkylation sites (N-methyl/N-ethyl adjacent to an activating group) is 1. The number of hydrogen-bond donors (Lipinski definition) is 0. The van der Waals surface area contributed by atoms with Crippen molar-refractivity contribution in [3.8, 4) is 0 Å². The second-order valence-corrected chi connectivity index (χ2v) is 9.26. The van der Waals surface area contributed by atoms with E-state index >= 15 is 0 Å². The lowest BCUT2D eigenvalue weighted by Gasteiger charge is -2.47. The molecule has 6 rings (SSSR count). The van der Waals surface area contributed by atoms with Gasteiger partial charge in [0.15, 0.2) is 0 Å². The van der Waals surface area contributed by atoms with E-state index < -0.39 is 17.8 Å². The number of allylic oxidation sites excluding steroid dienone is 1. The quantitative estimate of drug-likeness (QED) is 0.497. The lowest BCUT2D eigenvalue weighted by molar-refractivity contribution is -0.288. The minimum absolute atomic E-state index is 0.573. The van der Waals surface area contributed by atoms with Crippen LogP contribution in [0.15, 0.2) is 66.2 Å². The zero-order valence-corrected chi connectivity index (χ0v) is 19.7. The molecule has 0 radical (unpaired) electrons. The van der Waals surface area contributed by atoms with E-state index in [1.807, 2.05) is 37.4 Å². The molecule has 2 fully saturated rings. The highest BCUT2D eigenvalue weighted by atomic mass is 16.8. The van der Waals surface area contributed by atoms with Gasteiger partial charge in [-0.25, -0.2) is 14.5 Å². The molecule has 35 heavy (non-hydrogen) atoms. The van der Waals surface area contributed by atoms with Crippen LogP contribution in [0.3, 0.4) is 0 Å². The molecule has 2 saturated heterocycles. The molecular formula is C27H28N4O4. The minimum atomic E-state index is -1.22. The van der Waals surface area contributed by atoms with Crippen molar-refractivity contribution < 1.29 is 19.2 Å². The van der Waals surface area contributed by atoms with Crippen molar-refractivity contribution in [1.29, 1.82) is 0 Å². The monoisotopic (exact) mass is 472 g/mol. The van der Waals surface area contributed by atoms with Crippen molar-refractivity contribution in [2.75, 3.05) is 39.8 Å². The number of hydrogen-bond acceptors (Lipinski definition) is 8. The van der Waals surface area contributed by atoms with Crippen molar-refractivity contribution in [2.24, 2.45) is 0 Å². The van der Waals surface area contributed by atoms with Crippen LogP contribution in [0.25, 0.3) is 11.8 Å². The van der Waals surface area contributed by atoms with Gasteiger partial charge in [0.2, 0.25) is 0 Å². The maximum absolute atomic E-state index is 12.7. The SMILES string of the molecule is CN1N2OC(=O)C(=O)OC1(N1CCN(CCc3ccccc3)CC1)C1=C2c2ccccc2C=CC1. The fraction of sp³-hybridized carbons (Fsp3) is 0.333. The molecule has 0 saturated carbocycles. The van der Waals surface area contributed by atoms with Crippen molar-refractivity contribution in [3.63, 3.8) is 0 Å². The average Bonchev–Trinajstić information content (AvgIpc) is 3.00.